The highest BCUT2D eigenvalue weighted by Gasteiger charge is 2.20. The molecule has 0 atom stereocenters. The minimum atomic E-state index is -0.920. The molecule has 0 unspecified atom stereocenters. The number of carbonyl (C=O) groups excluding carboxylic acids is 1. The molecule has 1 aromatic carbocycles. The zero-order valence-corrected chi connectivity index (χ0v) is 15.0. The van der Waals surface area contributed by atoms with Gasteiger partial charge in [0.05, 0.1) is 0 Å². The number of hydrogen-bond acceptors (Lipinski definition) is 4. The van der Waals surface area contributed by atoms with Crippen LogP contribution in [0.4, 0.5) is 14.6 Å². The van der Waals surface area contributed by atoms with Crippen LogP contribution in [0, 0.1) is 11.6 Å². The van der Waals surface area contributed by atoms with Crippen LogP contribution in [-0.2, 0) is 0 Å². The number of carbonyl (C=O) groups is 1. The van der Waals surface area contributed by atoms with Crippen molar-refractivity contribution >= 4 is 11.7 Å². The molecule has 5 nitrogen and oxygen atoms in total. The number of halogens is 3. The molecule has 1 amide bonds. The first-order chi connectivity index (χ1) is 12.0. The van der Waals surface area contributed by atoms with Gasteiger partial charge >= 0.3 is 1.43 Å². The molecule has 0 radical (unpaired) electrons. The summed E-state index contributed by atoms with van der Waals surface area (Å²) in [5, 5.41) is 2.41. The third-order valence-electron chi connectivity index (χ3n) is 4.11. The van der Waals surface area contributed by atoms with Gasteiger partial charge in [0, 0.05) is 19.2 Å². The van der Waals surface area contributed by atoms with Gasteiger partial charge in [0.15, 0.2) is 0 Å². The molecule has 1 aliphatic heterocycles. The number of amides is 1. The van der Waals surface area contributed by atoms with Gasteiger partial charge in [-0.05, 0) is 38.1 Å². The maximum atomic E-state index is 13.7. The van der Waals surface area contributed by atoms with Gasteiger partial charge in [0.2, 0.25) is 5.88 Å². The summed E-state index contributed by atoms with van der Waals surface area (Å²) < 4.78 is 33.2. The van der Waals surface area contributed by atoms with Crippen LogP contribution < -0.4 is 22.5 Å². The molecule has 26 heavy (non-hydrogen) atoms. The van der Waals surface area contributed by atoms with Crippen molar-refractivity contribution in [1.82, 2.24) is 9.88 Å². The number of benzene rings is 1. The van der Waals surface area contributed by atoms with E-state index in [4.69, 9.17) is 4.74 Å². The van der Waals surface area contributed by atoms with Crippen molar-refractivity contribution in [3.63, 3.8) is 0 Å². The average Bonchev–Trinajstić information content (AvgIpc) is 2.57. The molecular formula is C18H20ClF2N3O2. The number of hydrogen-bond donors (Lipinski definition) is 1. The van der Waals surface area contributed by atoms with E-state index >= 15 is 0 Å². The maximum absolute atomic E-state index is 13.7. The van der Waals surface area contributed by atoms with Gasteiger partial charge in [-0.15, -0.1) is 0 Å². The lowest BCUT2D eigenvalue weighted by Crippen LogP contribution is -3.00. The molecule has 140 valence electrons. The van der Waals surface area contributed by atoms with Crippen molar-refractivity contribution < 1.29 is 32.1 Å². The van der Waals surface area contributed by atoms with Crippen LogP contribution >= 0.6 is 0 Å². The van der Waals surface area contributed by atoms with Gasteiger partial charge < -0.3 is 27.4 Å². The lowest BCUT2D eigenvalue weighted by molar-refractivity contribution is -0.0000162. The number of rotatable bonds is 4. The van der Waals surface area contributed by atoms with Gasteiger partial charge in [-0.2, -0.15) is 4.98 Å². The van der Waals surface area contributed by atoms with Gasteiger partial charge in [-0.25, -0.2) is 8.78 Å². The van der Waals surface area contributed by atoms with E-state index in [1.165, 1.54) is 12.1 Å². The first-order valence-electron chi connectivity index (χ1n) is 8.10. The molecule has 0 spiro atoms. The van der Waals surface area contributed by atoms with Crippen molar-refractivity contribution in [1.29, 1.82) is 0 Å². The minimum absolute atomic E-state index is 0. The van der Waals surface area contributed by atoms with Crippen molar-refractivity contribution in [2.45, 2.75) is 18.9 Å². The Morgan fingerprint density at radius 1 is 1.19 bits per heavy atom. The molecule has 1 saturated heterocycles. The molecule has 1 N–H and O–H groups in total. The van der Waals surface area contributed by atoms with E-state index in [9.17, 15) is 13.6 Å². The largest absolute Gasteiger partial charge is 1.00 e. The van der Waals surface area contributed by atoms with E-state index in [1.54, 1.807) is 12.1 Å². The second-order valence-corrected chi connectivity index (χ2v) is 6.03. The number of anilines is 1. The van der Waals surface area contributed by atoms with E-state index in [1.807, 2.05) is 0 Å². The smallest absolute Gasteiger partial charge is 1.00 e. The Kier molecular flexibility index (Phi) is 6.88. The van der Waals surface area contributed by atoms with Crippen LogP contribution in [0.25, 0.3) is 0 Å². The van der Waals surface area contributed by atoms with Crippen LogP contribution in [0.15, 0.2) is 36.4 Å². The summed E-state index contributed by atoms with van der Waals surface area (Å²) in [6.07, 6.45) is 1.86. The SMILES string of the molecule is CN1CCC(Oc2cccc(NC(=O)c3c(F)cccc3F)n2)CC1.[Cl-].[H+]. The zero-order chi connectivity index (χ0) is 17.8. The predicted molar refractivity (Wildman–Crippen MR) is 90.8 cm³/mol. The zero-order valence-electron chi connectivity index (χ0n) is 15.2. The summed E-state index contributed by atoms with van der Waals surface area (Å²) in [5.41, 5.74) is -0.633. The highest BCUT2D eigenvalue weighted by Crippen LogP contribution is 2.19. The molecular weight excluding hydrogens is 364 g/mol. The quantitative estimate of drug-likeness (QED) is 0.819. The molecule has 1 aliphatic rings. The Hall–Kier alpha value is -2.25. The van der Waals surface area contributed by atoms with Crippen molar-refractivity contribution in [2.24, 2.45) is 0 Å². The second-order valence-electron chi connectivity index (χ2n) is 6.03. The van der Waals surface area contributed by atoms with Crippen LogP contribution in [0.2, 0.25) is 0 Å². The minimum Gasteiger partial charge on any atom is -1.00 e. The summed E-state index contributed by atoms with van der Waals surface area (Å²) in [7, 11) is 2.06. The fourth-order valence-corrected chi connectivity index (χ4v) is 2.72. The van der Waals surface area contributed by atoms with Gasteiger partial charge in [0.25, 0.3) is 5.91 Å². The van der Waals surface area contributed by atoms with Crippen molar-refractivity contribution in [2.75, 3.05) is 25.5 Å². The molecule has 0 saturated carbocycles. The predicted octanol–water partition coefficient (Wildman–Crippen LogP) is 0.202. The third-order valence-corrected chi connectivity index (χ3v) is 4.11. The number of aromatic nitrogens is 1. The van der Waals surface area contributed by atoms with E-state index in [2.05, 4.69) is 22.2 Å². The van der Waals surface area contributed by atoms with E-state index < -0.39 is 23.1 Å². The number of pyridine rings is 1. The van der Waals surface area contributed by atoms with Crippen LogP contribution in [0.3, 0.4) is 0 Å². The number of ether oxygens (including phenoxy) is 1. The van der Waals surface area contributed by atoms with Crippen molar-refractivity contribution in [3.8, 4) is 5.88 Å². The number of nitrogens with one attached hydrogen (secondary N) is 1. The summed E-state index contributed by atoms with van der Waals surface area (Å²) in [5.74, 6) is -2.17. The fraction of sp³-hybridized carbons (Fsp3) is 0.333. The van der Waals surface area contributed by atoms with Gasteiger partial charge in [-0.3, -0.25) is 4.79 Å². The Morgan fingerprint density at radius 3 is 2.46 bits per heavy atom. The molecule has 0 bridgehead atoms. The number of piperidine rings is 1. The summed E-state index contributed by atoms with van der Waals surface area (Å²) in [4.78, 5) is 18.5. The summed E-state index contributed by atoms with van der Waals surface area (Å²) >= 11 is 0. The highest BCUT2D eigenvalue weighted by molar-refractivity contribution is 6.04. The first kappa shape index (κ1) is 20.1. The van der Waals surface area contributed by atoms with E-state index in [0.29, 0.717) is 5.88 Å². The lowest BCUT2D eigenvalue weighted by Gasteiger charge is -2.28. The summed E-state index contributed by atoms with van der Waals surface area (Å²) in [6.45, 7) is 1.90. The fourth-order valence-electron chi connectivity index (χ4n) is 2.72. The molecule has 2 heterocycles. The Balaban J connectivity index is 0.00000182. The van der Waals surface area contributed by atoms with Gasteiger partial charge in [-0.1, -0.05) is 12.1 Å². The maximum Gasteiger partial charge on any atom is 1.00 e. The topological polar surface area (TPSA) is 54.5 Å². The molecule has 0 aliphatic carbocycles. The van der Waals surface area contributed by atoms with Crippen LogP contribution in [0.1, 0.15) is 24.6 Å². The van der Waals surface area contributed by atoms with E-state index in [-0.39, 0.29) is 25.8 Å². The normalized spacial score (nSPS) is 15.2. The third kappa shape index (κ3) is 4.89. The molecule has 8 heteroatoms. The van der Waals surface area contributed by atoms with Gasteiger partial charge in [0.1, 0.15) is 29.1 Å². The number of nitrogens with zero attached hydrogens (tertiary/aromatic N) is 2. The second kappa shape index (κ2) is 8.91. The molecule has 1 fully saturated rings. The monoisotopic (exact) mass is 383 g/mol. The standard InChI is InChI=1S/C18H19F2N3O2.ClH/c1-23-10-8-12(9-11-23)25-16-7-3-6-15(21-16)22-18(24)17-13(19)4-2-5-14(17)20;/h2-7,12H,8-11H2,1H3,(H,21,22,24);1H. The lowest BCUT2D eigenvalue weighted by atomic mass is 10.1. The molecule has 3 rings (SSSR count). The molecule has 1 aromatic heterocycles. The van der Waals surface area contributed by atoms with Crippen molar-refractivity contribution in [3.05, 3.63) is 53.6 Å². The summed E-state index contributed by atoms with van der Waals surface area (Å²) in [6, 6.07) is 8.17. The number of likely N-dealkylation sites (tertiary alicyclic amines) is 1. The Bertz CT molecular complexity index is 754. The van der Waals surface area contributed by atoms with Crippen LogP contribution in [-0.4, -0.2) is 42.0 Å². The van der Waals surface area contributed by atoms with Crippen LogP contribution in [0.5, 0.6) is 5.88 Å². The molecule has 2 aromatic rings. The highest BCUT2D eigenvalue weighted by atomic mass is 35.5. The van der Waals surface area contributed by atoms with E-state index in [0.717, 1.165) is 38.1 Å². The first-order valence-corrected chi connectivity index (χ1v) is 8.10. The Morgan fingerprint density at radius 2 is 1.81 bits per heavy atom. The Labute approximate surface area is 158 Å². The average molecular weight is 384 g/mol.